The molecule has 33 heavy (non-hydrogen) atoms. The van der Waals surface area contributed by atoms with Crippen LogP contribution >= 0.6 is 11.8 Å². The van der Waals surface area contributed by atoms with Gasteiger partial charge in [0.1, 0.15) is 13.8 Å². The lowest BCUT2D eigenvalue weighted by Crippen LogP contribution is -2.44. The zero-order valence-corrected chi connectivity index (χ0v) is 21.1. The third-order valence-electron chi connectivity index (χ3n) is 6.89. The normalized spacial score (nSPS) is 22.5. The van der Waals surface area contributed by atoms with Crippen LogP contribution in [0.3, 0.4) is 0 Å². The third kappa shape index (κ3) is 5.89. The van der Waals surface area contributed by atoms with Crippen molar-refractivity contribution in [3.8, 4) is 0 Å². The Morgan fingerprint density at radius 3 is 2.58 bits per heavy atom. The van der Waals surface area contributed by atoms with E-state index in [2.05, 4.69) is 104 Å². The lowest BCUT2D eigenvalue weighted by Gasteiger charge is -2.40. The van der Waals surface area contributed by atoms with Gasteiger partial charge in [-0.15, -0.1) is 11.8 Å². The maximum absolute atomic E-state index is 4.03. The summed E-state index contributed by atoms with van der Waals surface area (Å²) in [7, 11) is 2.00. The molecule has 2 aromatic rings. The average Bonchev–Trinajstić information content (AvgIpc) is 3.24. The van der Waals surface area contributed by atoms with Crippen LogP contribution in [0.5, 0.6) is 0 Å². The van der Waals surface area contributed by atoms with E-state index in [1.807, 2.05) is 23.4 Å². The van der Waals surface area contributed by atoms with Crippen molar-refractivity contribution in [3.05, 3.63) is 90.0 Å². The minimum Gasteiger partial charge on any atom is -0.362 e. The van der Waals surface area contributed by atoms with E-state index in [9.17, 15) is 0 Å². The molecule has 3 unspecified atom stereocenters. The second-order valence-corrected chi connectivity index (χ2v) is 10.5. The Morgan fingerprint density at radius 1 is 1.12 bits per heavy atom. The molecule has 0 amide bonds. The summed E-state index contributed by atoms with van der Waals surface area (Å²) in [4.78, 5) is 3.97. The zero-order valence-electron chi connectivity index (χ0n) is 20.3. The number of rotatable bonds is 8. The number of para-hydroxylation sites is 1. The molecule has 3 atom stereocenters. The van der Waals surface area contributed by atoms with Crippen molar-refractivity contribution in [3.63, 3.8) is 0 Å². The molecule has 2 aliphatic carbocycles. The van der Waals surface area contributed by atoms with Crippen LogP contribution in [0.25, 0.3) is 0 Å². The monoisotopic (exact) mass is 457 g/mol. The number of aryl methyl sites for hydroxylation is 1. The van der Waals surface area contributed by atoms with Gasteiger partial charge < -0.3 is 4.90 Å². The first-order chi connectivity index (χ1) is 16.0. The van der Waals surface area contributed by atoms with Crippen LogP contribution in [0.15, 0.2) is 89.4 Å². The minimum atomic E-state index is 0.434. The first kappa shape index (κ1) is 23.6. The predicted octanol–water partition coefficient (Wildman–Crippen LogP) is 7.57. The van der Waals surface area contributed by atoms with E-state index >= 15 is 0 Å². The highest BCUT2D eigenvalue weighted by atomic mass is 32.2. The highest BCUT2D eigenvalue weighted by Crippen LogP contribution is 2.36. The summed E-state index contributed by atoms with van der Waals surface area (Å²) in [5.74, 6) is 1.70. The Kier molecular flexibility index (Phi) is 7.93. The molecule has 0 spiro atoms. The molecule has 0 radical (unpaired) electrons. The number of hydrogen-bond acceptors (Lipinski definition) is 2. The van der Waals surface area contributed by atoms with Gasteiger partial charge in [0.15, 0.2) is 0 Å². The molecule has 172 valence electrons. The summed E-state index contributed by atoms with van der Waals surface area (Å²) in [6.07, 6.45) is 16.7. The number of hydrogen-bond donors (Lipinski definition) is 0. The summed E-state index contributed by atoms with van der Waals surface area (Å²) < 4.78 is 1.93. The van der Waals surface area contributed by atoms with Crippen molar-refractivity contribution in [2.75, 3.05) is 17.7 Å². The van der Waals surface area contributed by atoms with Gasteiger partial charge in [-0.3, -0.25) is 0 Å². The maximum atomic E-state index is 4.03. The molecular formula is C30H37N2S+. The third-order valence-corrected chi connectivity index (χ3v) is 7.91. The molecule has 2 aliphatic rings. The molecule has 0 heterocycles. The number of allylic oxidation sites excluding steroid dienone is 3. The van der Waals surface area contributed by atoms with E-state index in [-0.39, 0.29) is 0 Å². The molecule has 4 rings (SSSR count). The molecule has 0 N–H and O–H groups in total. The van der Waals surface area contributed by atoms with Crippen molar-refractivity contribution in [2.24, 2.45) is 5.92 Å². The van der Waals surface area contributed by atoms with E-state index < -0.39 is 0 Å². The molecule has 1 fully saturated rings. The number of anilines is 1. The van der Waals surface area contributed by atoms with Crippen molar-refractivity contribution in [2.45, 2.75) is 56.5 Å². The van der Waals surface area contributed by atoms with E-state index in [0.717, 1.165) is 18.1 Å². The minimum absolute atomic E-state index is 0.434. The van der Waals surface area contributed by atoms with Gasteiger partial charge in [0, 0.05) is 23.5 Å². The van der Waals surface area contributed by atoms with Gasteiger partial charge in [0.2, 0.25) is 5.69 Å². The van der Waals surface area contributed by atoms with Gasteiger partial charge in [-0.1, -0.05) is 73.6 Å². The summed E-state index contributed by atoms with van der Waals surface area (Å²) in [6, 6.07) is 18.6. The molecular weight excluding hydrogens is 420 g/mol. The summed E-state index contributed by atoms with van der Waals surface area (Å²) >= 11 is 1.86. The van der Waals surface area contributed by atoms with Gasteiger partial charge in [-0.25, -0.2) is 4.58 Å². The SMILES string of the molecule is C=[N+](C)c1ccccc1SC/C=C/C1=CCC(N(c2ccc(C)cc2)C2CCCC2C)C=C1. The van der Waals surface area contributed by atoms with Crippen LogP contribution in [0.1, 0.15) is 38.2 Å². The summed E-state index contributed by atoms with van der Waals surface area (Å²) in [5.41, 5.74) is 5.18. The Labute approximate surface area is 204 Å². The lowest BCUT2D eigenvalue weighted by molar-refractivity contribution is -0.397. The van der Waals surface area contributed by atoms with Crippen molar-refractivity contribution in [1.82, 2.24) is 0 Å². The van der Waals surface area contributed by atoms with E-state index in [0.29, 0.717) is 12.1 Å². The van der Waals surface area contributed by atoms with Crippen LogP contribution in [0, 0.1) is 12.8 Å². The van der Waals surface area contributed by atoms with Gasteiger partial charge >= 0.3 is 0 Å². The molecule has 0 aromatic heterocycles. The Balaban J connectivity index is 1.40. The largest absolute Gasteiger partial charge is 0.362 e. The number of thioether (sulfide) groups is 1. The van der Waals surface area contributed by atoms with Crippen LogP contribution in [-0.4, -0.2) is 36.2 Å². The molecule has 2 nitrogen and oxygen atoms in total. The quantitative estimate of drug-likeness (QED) is 0.229. The smallest absolute Gasteiger partial charge is 0.218 e. The van der Waals surface area contributed by atoms with Crippen molar-refractivity contribution < 1.29 is 4.58 Å². The highest BCUT2D eigenvalue weighted by molar-refractivity contribution is 7.99. The zero-order chi connectivity index (χ0) is 23.2. The Morgan fingerprint density at radius 2 is 1.91 bits per heavy atom. The molecule has 1 saturated carbocycles. The highest BCUT2D eigenvalue weighted by Gasteiger charge is 2.32. The molecule has 0 bridgehead atoms. The van der Waals surface area contributed by atoms with Gasteiger partial charge in [-0.05, 0) is 55.9 Å². The fourth-order valence-electron chi connectivity index (χ4n) is 5.06. The van der Waals surface area contributed by atoms with E-state index in [4.69, 9.17) is 0 Å². The molecule has 0 saturated heterocycles. The number of benzene rings is 2. The predicted molar refractivity (Wildman–Crippen MR) is 145 cm³/mol. The van der Waals surface area contributed by atoms with Crippen LogP contribution in [-0.2, 0) is 0 Å². The fraction of sp³-hybridized carbons (Fsp3) is 0.367. The van der Waals surface area contributed by atoms with Gasteiger partial charge in [-0.2, -0.15) is 0 Å². The Hall–Kier alpha value is -2.52. The van der Waals surface area contributed by atoms with Crippen molar-refractivity contribution in [1.29, 1.82) is 0 Å². The molecule has 3 heteroatoms. The molecule has 0 aliphatic heterocycles. The second-order valence-electron chi connectivity index (χ2n) is 9.46. The maximum Gasteiger partial charge on any atom is 0.218 e. The van der Waals surface area contributed by atoms with Crippen LogP contribution in [0.4, 0.5) is 11.4 Å². The first-order valence-corrected chi connectivity index (χ1v) is 13.2. The van der Waals surface area contributed by atoms with Crippen molar-refractivity contribution >= 4 is 29.9 Å². The van der Waals surface area contributed by atoms with E-state index in [1.165, 1.54) is 46.7 Å². The molecule has 2 aromatic carbocycles. The van der Waals surface area contributed by atoms with Crippen LogP contribution in [0.2, 0.25) is 0 Å². The summed E-state index contributed by atoms with van der Waals surface area (Å²) in [5, 5.41) is 0. The van der Waals surface area contributed by atoms with E-state index in [1.54, 1.807) is 0 Å². The second kappa shape index (κ2) is 11.1. The van der Waals surface area contributed by atoms with Crippen LogP contribution < -0.4 is 4.90 Å². The Bertz CT molecular complexity index is 1050. The fourth-order valence-corrected chi connectivity index (χ4v) is 5.98. The standard InChI is InChI=1S/C30H37N2S/c1-23-14-18-26(19-15-23)32(28-12-7-9-24(28)2)27-20-16-25(17-21-27)10-8-22-33-30-13-6-5-11-29(30)31(3)4/h5-6,8,10-11,13-20,24,27-28H,3,7,9,12,21-22H2,1-2,4H3/q+1/b10-8+. The topological polar surface area (TPSA) is 6.25 Å². The van der Waals surface area contributed by atoms with Gasteiger partial charge in [0.05, 0.1) is 10.9 Å². The average molecular weight is 458 g/mol. The summed E-state index contributed by atoms with van der Waals surface area (Å²) in [6.45, 7) is 8.63. The lowest BCUT2D eigenvalue weighted by atomic mass is 9.95. The first-order valence-electron chi connectivity index (χ1n) is 12.2. The number of nitrogens with zero attached hydrogens (tertiary/aromatic N) is 2. The van der Waals surface area contributed by atoms with Gasteiger partial charge in [0.25, 0.3) is 0 Å².